The normalized spacial score (nSPS) is 11.5. The summed E-state index contributed by atoms with van der Waals surface area (Å²) in [5.41, 5.74) is 1.96. The number of benzene rings is 1. The molecule has 2 N–H and O–H groups in total. The lowest BCUT2D eigenvalue weighted by Gasteiger charge is -2.25. The van der Waals surface area contributed by atoms with Crippen molar-refractivity contribution in [1.82, 2.24) is 29.9 Å². The molecule has 0 fully saturated rings. The van der Waals surface area contributed by atoms with Crippen LogP contribution in [0.1, 0.15) is 5.69 Å². The van der Waals surface area contributed by atoms with Gasteiger partial charge in [-0.05, 0) is 25.1 Å². The van der Waals surface area contributed by atoms with E-state index in [1.807, 2.05) is 6.92 Å². The molecule has 0 radical (unpaired) electrons. The predicted octanol–water partition coefficient (Wildman–Crippen LogP) is 2.99. The van der Waals surface area contributed by atoms with Crippen molar-refractivity contribution in [3.8, 4) is 17.0 Å². The standard InChI is InChI=1S/C23H27FN8O4S/c1-14-10-19(30-29-14)26-22-21(36-4)20(15-12-25-31(2)13-15)27-23(28-22)32(8-9-35-3)18-7-6-16(11-17(18)24)37(5,33)34/h6-7,10-13H,8-9H2,1-5H3,(H2,26,27,28,29,30). The third kappa shape index (κ3) is 5.70. The molecule has 3 aromatic heterocycles. The van der Waals surface area contributed by atoms with Gasteiger partial charge in [0.05, 0.1) is 30.5 Å². The van der Waals surface area contributed by atoms with E-state index in [0.29, 0.717) is 22.8 Å². The summed E-state index contributed by atoms with van der Waals surface area (Å²) >= 11 is 0. The molecule has 4 aromatic rings. The summed E-state index contributed by atoms with van der Waals surface area (Å²) in [5.74, 6) is 0.478. The Morgan fingerprint density at radius 2 is 2.00 bits per heavy atom. The van der Waals surface area contributed by atoms with E-state index in [1.165, 1.54) is 31.3 Å². The molecule has 196 valence electrons. The van der Waals surface area contributed by atoms with Crippen molar-refractivity contribution in [1.29, 1.82) is 0 Å². The lowest BCUT2D eigenvalue weighted by Crippen LogP contribution is -2.25. The number of anilines is 4. The molecule has 0 saturated carbocycles. The van der Waals surface area contributed by atoms with E-state index in [4.69, 9.17) is 14.5 Å². The van der Waals surface area contributed by atoms with Crippen molar-refractivity contribution in [3.05, 3.63) is 48.2 Å². The van der Waals surface area contributed by atoms with Gasteiger partial charge in [-0.25, -0.2) is 17.8 Å². The number of nitrogens with zero attached hydrogens (tertiary/aromatic N) is 6. The average Bonchev–Trinajstić information content (AvgIpc) is 3.46. The van der Waals surface area contributed by atoms with Gasteiger partial charge in [-0.2, -0.15) is 15.2 Å². The molecule has 0 bridgehead atoms. The highest BCUT2D eigenvalue weighted by Gasteiger charge is 2.24. The number of H-pyrrole nitrogens is 1. The Morgan fingerprint density at radius 1 is 1.22 bits per heavy atom. The first-order chi connectivity index (χ1) is 17.6. The largest absolute Gasteiger partial charge is 0.491 e. The van der Waals surface area contributed by atoms with Crippen molar-refractivity contribution in [2.75, 3.05) is 43.8 Å². The van der Waals surface area contributed by atoms with Gasteiger partial charge < -0.3 is 19.7 Å². The second kappa shape index (κ2) is 10.5. The zero-order valence-electron chi connectivity index (χ0n) is 21.0. The van der Waals surface area contributed by atoms with Gasteiger partial charge in [-0.3, -0.25) is 9.78 Å². The first-order valence-corrected chi connectivity index (χ1v) is 13.0. The molecular formula is C23H27FN8O4S. The summed E-state index contributed by atoms with van der Waals surface area (Å²) in [6.07, 6.45) is 4.40. The van der Waals surface area contributed by atoms with Crippen molar-refractivity contribution in [2.24, 2.45) is 7.05 Å². The fourth-order valence-corrected chi connectivity index (χ4v) is 4.26. The molecule has 37 heavy (non-hydrogen) atoms. The molecule has 4 rings (SSSR count). The lowest BCUT2D eigenvalue weighted by molar-refractivity contribution is 0.207. The quantitative estimate of drug-likeness (QED) is 0.314. The van der Waals surface area contributed by atoms with Crippen LogP contribution < -0.4 is 15.0 Å². The first kappa shape index (κ1) is 26.0. The monoisotopic (exact) mass is 530 g/mol. The number of aryl methyl sites for hydroxylation is 2. The number of rotatable bonds is 10. The highest BCUT2D eigenvalue weighted by Crippen LogP contribution is 2.38. The summed E-state index contributed by atoms with van der Waals surface area (Å²) in [5, 5.41) is 14.4. The van der Waals surface area contributed by atoms with Crippen LogP contribution in [0, 0.1) is 12.7 Å². The van der Waals surface area contributed by atoms with Crippen LogP contribution in [0.25, 0.3) is 11.3 Å². The van der Waals surface area contributed by atoms with Crippen LogP contribution in [-0.4, -0.2) is 72.0 Å². The minimum atomic E-state index is -3.60. The Morgan fingerprint density at radius 3 is 2.57 bits per heavy atom. The van der Waals surface area contributed by atoms with Crippen LogP contribution in [0.2, 0.25) is 0 Å². The average molecular weight is 531 g/mol. The van der Waals surface area contributed by atoms with Crippen molar-refractivity contribution in [2.45, 2.75) is 11.8 Å². The Balaban J connectivity index is 1.91. The maximum Gasteiger partial charge on any atom is 0.232 e. The summed E-state index contributed by atoms with van der Waals surface area (Å²) < 4.78 is 51.7. The van der Waals surface area contributed by atoms with Gasteiger partial charge >= 0.3 is 0 Å². The first-order valence-electron chi connectivity index (χ1n) is 11.1. The minimum Gasteiger partial charge on any atom is -0.491 e. The van der Waals surface area contributed by atoms with Gasteiger partial charge in [0.25, 0.3) is 0 Å². The number of methoxy groups -OCH3 is 2. The molecular weight excluding hydrogens is 503 g/mol. The van der Waals surface area contributed by atoms with Crippen molar-refractivity contribution < 1.29 is 22.3 Å². The number of aromatic nitrogens is 6. The third-order valence-electron chi connectivity index (χ3n) is 5.39. The predicted molar refractivity (Wildman–Crippen MR) is 136 cm³/mol. The molecule has 0 unspecified atom stereocenters. The fourth-order valence-electron chi connectivity index (χ4n) is 3.63. The maximum absolute atomic E-state index is 15.3. The number of aromatic amines is 1. The van der Waals surface area contributed by atoms with Crippen molar-refractivity contribution >= 4 is 33.1 Å². The fraction of sp³-hybridized carbons (Fsp3) is 0.304. The highest BCUT2D eigenvalue weighted by atomic mass is 32.2. The van der Waals surface area contributed by atoms with Gasteiger partial charge in [-0.15, -0.1) is 0 Å². The molecule has 1 aromatic carbocycles. The molecule has 0 saturated heterocycles. The molecule has 0 amide bonds. The van der Waals surface area contributed by atoms with Crippen LogP contribution in [-0.2, 0) is 21.6 Å². The second-order valence-corrected chi connectivity index (χ2v) is 10.3. The van der Waals surface area contributed by atoms with E-state index in [-0.39, 0.29) is 35.5 Å². The van der Waals surface area contributed by atoms with E-state index >= 15 is 4.39 Å². The smallest absolute Gasteiger partial charge is 0.232 e. The Bertz CT molecular complexity index is 1520. The molecule has 0 atom stereocenters. The molecule has 0 aliphatic heterocycles. The van der Waals surface area contributed by atoms with E-state index in [9.17, 15) is 8.42 Å². The molecule has 3 heterocycles. The summed E-state index contributed by atoms with van der Waals surface area (Å²) in [7, 11) is 1.18. The highest BCUT2D eigenvalue weighted by molar-refractivity contribution is 7.90. The Hall–Kier alpha value is -4.04. The summed E-state index contributed by atoms with van der Waals surface area (Å²) in [6, 6.07) is 5.48. The maximum atomic E-state index is 15.3. The van der Waals surface area contributed by atoms with Gasteiger partial charge in [0.2, 0.25) is 5.95 Å². The van der Waals surface area contributed by atoms with Crippen LogP contribution >= 0.6 is 0 Å². The summed E-state index contributed by atoms with van der Waals surface area (Å²) in [6.45, 7) is 2.24. The second-order valence-electron chi connectivity index (χ2n) is 8.25. The number of hydrogen-bond acceptors (Lipinski definition) is 10. The number of hydrogen-bond donors (Lipinski definition) is 2. The SMILES string of the molecule is COCCN(c1nc(Nc2cc(C)[nH]n2)c(OC)c(-c2cnn(C)c2)n1)c1ccc(S(C)(=O)=O)cc1F. The Kier molecular flexibility index (Phi) is 7.40. The number of halogens is 1. The van der Waals surface area contributed by atoms with Crippen LogP contribution in [0.3, 0.4) is 0 Å². The molecule has 14 heteroatoms. The third-order valence-corrected chi connectivity index (χ3v) is 6.50. The summed E-state index contributed by atoms with van der Waals surface area (Å²) in [4.78, 5) is 10.7. The van der Waals surface area contributed by atoms with Crippen molar-refractivity contribution in [3.63, 3.8) is 0 Å². The Labute approximate surface area is 213 Å². The number of nitrogens with one attached hydrogen (secondary N) is 2. The van der Waals surface area contributed by atoms with Gasteiger partial charge in [0.1, 0.15) is 11.5 Å². The molecule has 0 spiro atoms. The number of ether oxygens (including phenoxy) is 2. The van der Waals surface area contributed by atoms with Crippen LogP contribution in [0.4, 0.5) is 27.7 Å². The van der Waals surface area contributed by atoms with E-state index in [1.54, 1.807) is 30.2 Å². The molecule has 12 nitrogen and oxygen atoms in total. The topological polar surface area (TPSA) is 140 Å². The van der Waals surface area contributed by atoms with Crippen LogP contribution in [0.5, 0.6) is 5.75 Å². The van der Waals surface area contributed by atoms with Gasteiger partial charge in [-0.1, -0.05) is 0 Å². The van der Waals surface area contributed by atoms with Crippen LogP contribution in [0.15, 0.2) is 41.6 Å². The van der Waals surface area contributed by atoms with Gasteiger partial charge in [0.15, 0.2) is 27.2 Å². The number of sulfone groups is 1. The minimum absolute atomic E-state index is 0.0771. The molecule has 0 aliphatic carbocycles. The van der Waals surface area contributed by atoms with E-state index < -0.39 is 15.7 Å². The van der Waals surface area contributed by atoms with E-state index in [2.05, 4.69) is 25.6 Å². The zero-order chi connectivity index (χ0) is 26.7. The van der Waals surface area contributed by atoms with E-state index in [0.717, 1.165) is 18.0 Å². The zero-order valence-corrected chi connectivity index (χ0v) is 21.8. The van der Waals surface area contributed by atoms with Gasteiger partial charge in [0, 0.05) is 50.5 Å². The lowest BCUT2D eigenvalue weighted by atomic mass is 10.2. The molecule has 0 aliphatic rings.